The van der Waals surface area contributed by atoms with E-state index in [9.17, 15) is 8.78 Å². The lowest BCUT2D eigenvalue weighted by atomic mass is 10.0. The second-order valence-electron chi connectivity index (χ2n) is 5.79. The summed E-state index contributed by atoms with van der Waals surface area (Å²) in [6.45, 7) is 21.2. The predicted octanol–water partition coefficient (Wildman–Crippen LogP) is 8.70. The van der Waals surface area contributed by atoms with Crippen LogP contribution < -0.4 is 0 Å². The molecule has 0 aliphatic rings. The first-order valence-corrected chi connectivity index (χ1v) is 10.0. The minimum atomic E-state index is -0.567. The molecule has 0 atom stereocenters. The van der Waals surface area contributed by atoms with Crippen molar-refractivity contribution in [3.05, 3.63) is 71.1 Å². The smallest absolute Gasteiger partial charge is 0.136 e. The molecule has 0 unspecified atom stereocenters. The Morgan fingerprint density at radius 2 is 1.61 bits per heavy atom. The van der Waals surface area contributed by atoms with Gasteiger partial charge in [0.05, 0.1) is 11.3 Å². The quantitative estimate of drug-likeness (QED) is 0.478. The molecular formula is C25H37F2N. The van der Waals surface area contributed by atoms with E-state index >= 15 is 0 Å². The first kappa shape index (κ1) is 27.9. The molecule has 3 heteroatoms. The fourth-order valence-corrected chi connectivity index (χ4v) is 1.98. The lowest BCUT2D eigenvalue weighted by molar-refractivity contribution is 0.583. The van der Waals surface area contributed by atoms with Crippen molar-refractivity contribution in [2.75, 3.05) is 0 Å². The summed E-state index contributed by atoms with van der Waals surface area (Å²) < 4.78 is 27.9. The zero-order chi connectivity index (χ0) is 22.3. The molecule has 2 aromatic rings. The lowest BCUT2D eigenvalue weighted by Crippen LogP contribution is -1.96. The van der Waals surface area contributed by atoms with Crippen LogP contribution in [0.3, 0.4) is 0 Å². The number of allylic oxidation sites excluding steroid dienone is 2. The summed E-state index contributed by atoms with van der Waals surface area (Å²) in [6.07, 6.45) is 6.36. The van der Waals surface area contributed by atoms with Gasteiger partial charge in [-0.05, 0) is 63.5 Å². The third-order valence-corrected chi connectivity index (χ3v) is 3.62. The Morgan fingerprint density at radius 1 is 1.07 bits per heavy atom. The molecule has 0 saturated heterocycles. The Hall–Kier alpha value is -2.29. The van der Waals surface area contributed by atoms with Crippen molar-refractivity contribution in [1.29, 1.82) is 0 Å². The van der Waals surface area contributed by atoms with Crippen molar-refractivity contribution in [2.45, 2.75) is 68.7 Å². The van der Waals surface area contributed by atoms with E-state index in [1.165, 1.54) is 23.9 Å². The molecule has 1 heterocycles. The van der Waals surface area contributed by atoms with Gasteiger partial charge in [-0.3, -0.25) is 4.98 Å². The van der Waals surface area contributed by atoms with Gasteiger partial charge in [-0.1, -0.05) is 52.3 Å². The van der Waals surface area contributed by atoms with Gasteiger partial charge >= 0.3 is 0 Å². The molecule has 0 radical (unpaired) electrons. The van der Waals surface area contributed by atoms with Crippen LogP contribution in [0, 0.1) is 25.5 Å². The zero-order valence-electron chi connectivity index (χ0n) is 19.1. The standard InChI is InChI=1S/C16H15F2N.C5H10.2C2H6/c1-4-5-14-11(3)8-12(9-19-14)15-13(17)7-6-10(2)16(15)18;1-4-5(2)3;2*1-2/h4-9H,1-3H3;2,4H2,1,3H3;2*1-2H3/b5-4-;;;. The van der Waals surface area contributed by atoms with E-state index in [0.717, 1.165) is 17.7 Å². The van der Waals surface area contributed by atoms with Gasteiger partial charge in [0.15, 0.2) is 0 Å². The third kappa shape index (κ3) is 9.07. The number of rotatable bonds is 3. The van der Waals surface area contributed by atoms with Crippen LogP contribution in [0.1, 0.15) is 71.7 Å². The van der Waals surface area contributed by atoms with Crippen LogP contribution in [0.4, 0.5) is 8.78 Å². The molecule has 0 aliphatic carbocycles. The maximum atomic E-state index is 14.0. The van der Waals surface area contributed by atoms with Crippen LogP contribution in [0.5, 0.6) is 0 Å². The van der Waals surface area contributed by atoms with Gasteiger partial charge in [0.1, 0.15) is 11.6 Å². The summed E-state index contributed by atoms with van der Waals surface area (Å²) >= 11 is 0. The zero-order valence-corrected chi connectivity index (χ0v) is 19.1. The van der Waals surface area contributed by atoms with E-state index in [4.69, 9.17) is 0 Å². The molecule has 0 fully saturated rings. The first-order valence-electron chi connectivity index (χ1n) is 10.0. The lowest BCUT2D eigenvalue weighted by Gasteiger charge is -2.09. The van der Waals surface area contributed by atoms with Crippen molar-refractivity contribution in [3.63, 3.8) is 0 Å². The highest BCUT2D eigenvalue weighted by molar-refractivity contribution is 5.67. The summed E-state index contributed by atoms with van der Waals surface area (Å²) in [5.74, 6) is -1.09. The highest BCUT2D eigenvalue weighted by atomic mass is 19.1. The average Bonchev–Trinajstić information content (AvgIpc) is 2.71. The van der Waals surface area contributed by atoms with Gasteiger partial charge in [-0.15, -0.1) is 6.58 Å². The number of aromatic nitrogens is 1. The molecule has 0 aliphatic heterocycles. The minimum Gasteiger partial charge on any atom is -0.256 e. The molecule has 28 heavy (non-hydrogen) atoms. The van der Waals surface area contributed by atoms with Crippen LogP contribution in [0.2, 0.25) is 0 Å². The molecule has 0 saturated carbocycles. The van der Waals surface area contributed by atoms with E-state index in [1.54, 1.807) is 13.0 Å². The minimum absolute atomic E-state index is 0.0115. The third-order valence-electron chi connectivity index (χ3n) is 3.62. The Balaban J connectivity index is 0. The first-order chi connectivity index (χ1) is 13.3. The molecule has 156 valence electrons. The number of benzene rings is 1. The number of aryl methyl sites for hydroxylation is 2. The van der Waals surface area contributed by atoms with Gasteiger partial charge in [0, 0.05) is 11.8 Å². The molecule has 1 nitrogen and oxygen atoms in total. The fourth-order valence-electron chi connectivity index (χ4n) is 1.98. The second kappa shape index (κ2) is 15.7. The van der Waals surface area contributed by atoms with Gasteiger partial charge < -0.3 is 0 Å². The van der Waals surface area contributed by atoms with E-state index in [0.29, 0.717) is 11.1 Å². The molecule has 0 bridgehead atoms. The van der Waals surface area contributed by atoms with Gasteiger partial charge in [-0.2, -0.15) is 0 Å². The van der Waals surface area contributed by atoms with E-state index in [2.05, 4.69) is 18.5 Å². The van der Waals surface area contributed by atoms with Crippen molar-refractivity contribution < 1.29 is 8.78 Å². The molecule has 2 rings (SSSR count). The summed E-state index contributed by atoms with van der Waals surface area (Å²) in [7, 11) is 0. The van der Waals surface area contributed by atoms with Crippen LogP contribution in [0.25, 0.3) is 17.2 Å². The van der Waals surface area contributed by atoms with E-state index < -0.39 is 11.6 Å². The Labute approximate surface area is 171 Å². The molecule has 0 spiro atoms. The largest absolute Gasteiger partial charge is 0.256 e. The van der Waals surface area contributed by atoms with Crippen molar-refractivity contribution >= 4 is 6.08 Å². The van der Waals surface area contributed by atoms with Crippen molar-refractivity contribution in [1.82, 2.24) is 4.98 Å². The van der Waals surface area contributed by atoms with Crippen LogP contribution in [-0.2, 0) is 0 Å². The Morgan fingerprint density at radius 3 is 2.04 bits per heavy atom. The average molecular weight is 390 g/mol. The Bertz CT molecular complexity index is 746. The maximum absolute atomic E-state index is 14.0. The topological polar surface area (TPSA) is 12.9 Å². The van der Waals surface area contributed by atoms with E-state index in [-0.39, 0.29) is 5.56 Å². The summed E-state index contributed by atoms with van der Waals surface area (Å²) in [6, 6.07) is 4.47. The highest BCUT2D eigenvalue weighted by Crippen LogP contribution is 2.28. The summed E-state index contributed by atoms with van der Waals surface area (Å²) in [4.78, 5) is 4.24. The fraction of sp³-hybridized carbons (Fsp3) is 0.400. The van der Waals surface area contributed by atoms with Crippen LogP contribution in [-0.4, -0.2) is 4.98 Å². The molecule has 1 aromatic heterocycles. The predicted molar refractivity (Wildman–Crippen MR) is 122 cm³/mol. The number of halogens is 2. The van der Waals surface area contributed by atoms with Gasteiger partial charge in [0.2, 0.25) is 0 Å². The van der Waals surface area contributed by atoms with Gasteiger partial charge in [0.25, 0.3) is 0 Å². The van der Waals surface area contributed by atoms with Crippen LogP contribution >= 0.6 is 0 Å². The van der Waals surface area contributed by atoms with E-state index in [1.807, 2.05) is 60.6 Å². The normalized spacial score (nSPS) is 9.39. The molecule has 0 N–H and O–H groups in total. The summed E-state index contributed by atoms with van der Waals surface area (Å²) in [5.41, 5.74) is 3.82. The highest BCUT2D eigenvalue weighted by Gasteiger charge is 2.14. The maximum Gasteiger partial charge on any atom is 0.136 e. The van der Waals surface area contributed by atoms with Crippen molar-refractivity contribution in [2.24, 2.45) is 0 Å². The molecule has 1 aromatic carbocycles. The van der Waals surface area contributed by atoms with Gasteiger partial charge in [-0.25, -0.2) is 8.78 Å². The Kier molecular flexibility index (Phi) is 15.7. The van der Waals surface area contributed by atoms with Crippen LogP contribution in [0.15, 0.2) is 42.6 Å². The second-order valence-corrected chi connectivity index (χ2v) is 5.79. The number of pyridine rings is 1. The van der Waals surface area contributed by atoms with Crippen molar-refractivity contribution in [3.8, 4) is 11.1 Å². The number of nitrogens with zero attached hydrogens (tertiary/aromatic N) is 1. The number of hydrogen-bond acceptors (Lipinski definition) is 1. The summed E-state index contributed by atoms with van der Waals surface area (Å²) in [5, 5.41) is 0. The number of hydrogen-bond donors (Lipinski definition) is 0. The SMILES string of the molecule is C/C=C\c1ncc(-c2c(F)ccc(C)c2F)cc1C.C=C(C)CC.CC.CC. The molecular weight excluding hydrogens is 352 g/mol. The monoisotopic (exact) mass is 389 g/mol. The molecule has 0 amide bonds.